The monoisotopic (exact) mass is 283 g/mol. The van der Waals surface area contributed by atoms with Crippen LogP contribution in [-0.4, -0.2) is 18.1 Å². The highest BCUT2D eigenvalue weighted by Gasteiger charge is 2.38. The number of pyridine rings is 1. The van der Waals surface area contributed by atoms with Crippen LogP contribution in [0.4, 0.5) is 22.0 Å². The molecule has 0 aliphatic carbocycles. The molecule has 0 bridgehead atoms. The van der Waals surface area contributed by atoms with Crippen LogP contribution >= 0.6 is 0 Å². The summed E-state index contributed by atoms with van der Waals surface area (Å²) in [6.45, 7) is 0.968. The summed E-state index contributed by atoms with van der Waals surface area (Å²) in [4.78, 5) is 14.5. The normalized spacial score (nSPS) is 11.8. The number of esters is 1. The third kappa shape index (κ3) is 3.62. The lowest BCUT2D eigenvalue weighted by atomic mass is 10.0. The molecule has 1 aromatic heterocycles. The maximum absolute atomic E-state index is 12.7. The third-order valence-corrected chi connectivity index (χ3v) is 2.36. The SMILES string of the molecule is COC(=O)Cc1cc(C(F)F)c(C(F)(F)F)c(C)n1. The molecule has 0 aliphatic rings. The summed E-state index contributed by atoms with van der Waals surface area (Å²) in [5, 5.41) is 0. The Labute approximate surface area is 105 Å². The van der Waals surface area contributed by atoms with Crippen molar-refractivity contribution in [1.29, 1.82) is 0 Å². The number of halogens is 5. The van der Waals surface area contributed by atoms with E-state index in [1.165, 1.54) is 0 Å². The van der Waals surface area contributed by atoms with Crippen molar-refractivity contribution >= 4 is 5.97 Å². The van der Waals surface area contributed by atoms with Crippen LogP contribution in [0.25, 0.3) is 0 Å². The van der Waals surface area contributed by atoms with E-state index < -0.39 is 41.8 Å². The van der Waals surface area contributed by atoms with Crippen molar-refractivity contribution in [2.45, 2.75) is 25.9 Å². The van der Waals surface area contributed by atoms with Crippen molar-refractivity contribution < 1.29 is 31.5 Å². The summed E-state index contributed by atoms with van der Waals surface area (Å²) in [7, 11) is 1.08. The second-order valence-electron chi connectivity index (χ2n) is 3.71. The molecule has 1 rings (SSSR count). The van der Waals surface area contributed by atoms with E-state index in [2.05, 4.69) is 9.72 Å². The lowest BCUT2D eigenvalue weighted by molar-refractivity contribution is -0.140. The zero-order chi connectivity index (χ0) is 14.8. The Bertz CT molecular complexity index is 485. The summed E-state index contributed by atoms with van der Waals surface area (Å²) in [5.41, 5.74) is -3.42. The van der Waals surface area contributed by atoms with Crippen LogP contribution in [0.1, 0.15) is 28.9 Å². The minimum absolute atomic E-state index is 0.187. The van der Waals surface area contributed by atoms with Crippen LogP contribution in [0.2, 0.25) is 0 Å². The zero-order valence-corrected chi connectivity index (χ0v) is 10.0. The van der Waals surface area contributed by atoms with Crippen molar-refractivity contribution in [3.05, 3.63) is 28.6 Å². The van der Waals surface area contributed by atoms with Crippen molar-refractivity contribution in [2.24, 2.45) is 0 Å². The molecule has 0 saturated carbocycles. The second kappa shape index (κ2) is 5.50. The number of aromatic nitrogens is 1. The van der Waals surface area contributed by atoms with Gasteiger partial charge in [0.25, 0.3) is 6.43 Å². The summed E-state index contributed by atoms with van der Waals surface area (Å²) < 4.78 is 67.7. The number of carbonyl (C=O) groups is 1. The first-order valence-electron chi connectivity index (χ1n) is 5.09. The van der Waals surface area contributed by atoms with Gasteiger partial charge in [-0.1, -0.05) is 0 Å². The van der Waals surface area contributed by atoms with Crippen LogP contribution in [0, 0.1) is 6.92 Å². The number of hydrogen-bond acceptors (Lipinski definition) is 3. The quantitative estimate of drug-likeness (QED) is 0.632. The van der Waals surface area contributed by atoms with E-state index in [1.54, 1.807) is 0 Å². The van der Waals surface area contributed by atoms with E-state index in [0.29, 0.717) is 6.07 Å². The molecule has 1 aromatic rings. The van der Waals surface area contributed by atoms with Gasteiger partial charge in [-0.3, -0.25) is 9.78 Å². The Morgan fingerprint density at radius 1 is 1.42 bits per heavy atom. The van der Waals surface area contributed by atoms with Gasteiger partial charge < -0.3 is 4.74 Å². The Kier molecular flexibility index (Phi) is 4.43. The van der Waals surface area contributed by atoms with Crippen molar-refractivity contribution in [2.75, 3.05) is 7.11 Å². The third-order valence-electron chi connectivity index (χ3n) is 2.36. The highest BCUT2D eigenvalue weighted by Crippen LogP contribution is 2.38. The molecule has 8 heteroatoms. The van der Waals surface area contributed by atoms with Crippen LogP contribution in [-0.2, 0) is 22.1 Å². The lowest BCUT2D eigenvalue weighted by Crippen LogP contribution is -2.16. The van der Waals surface area contributed by atoms with Crippen molar-refractivity contribution in [1.82, 2.24) is 4.98 Å². The first-order chi connectivity index (χ1) is 8.66. The molecule has 19 heavy (non-hydrogen) atoms. The number of aryl methyl sites for hydroxylation is 1. The predicted octanol–water partition coefficient (Wildman–Crippen LogP) is 3.06. The number of alkyl halides is 5. The van der Waals surface area contributed by atoms with E-state index in [4.69, 9.17) is 0 Å². The summed E-state index contributed by atoms with van der Waals surface area (Å²) in [6, 6.07) is 0.581. The molecule has 0 saturated heterocycles. The highest BCUT2D eigenvalue weighted by atomic mass is 19.4. The van der Waals surface area contributed by atoms with Gasteiger partial charge in [0.05, 0.1) is 30.5 Å². The molecule has 0 amide bonds. The fourth-order valence-corrected chi connectivity index (χ4v) is 1.62. The van der Waals surface area contributed by atoms with E-state index in [-0.39, 0.29) is 5.69 Å². The molecule has 0 unspecified atom stereocenters. The van der Waals surface area contributed by atoms with Gasteiger partial charge in [0.2, 0.25) is 0 Å². The first kappa shape index (κ1) is 15.3. The number of rotatable bonds is 3. The summed E-state index contributed by atoms with van der Waals surface area (Å²) in [6.07, 6.45) is -8.70. The van der Waals surface area contributed by atoms with E-state index >= 15 is 0 Å². The average molecular weight is 283 g/mol. The fourth-order valence-electron chi connectivity index (χ4n) is 1.62. The minimum Gasteiger partial charge on any atom is -0.469 e. The Hall–Kier alpha value is -1.73. The number of nitrogens with zero attached hydrogens (tertiary/aromatic N) is 1. The molecule has 1 heterocycles. The lowest BCUT2D eigenvalue weighted by Gasteiger charge is -2.16. The molecule has 0 N–H and O–H groups in total. The Morgan fingerprint density at radius 3 is 2.42 bits per heavy atom. The standard InChI is InChI=1S/C11H10F5NO2/c1-5-9(11(14,15)16)7(10(12)13)3-6(17-5)4-8(18)19-2/h3,10H,4H2,1-2H3. The zero-order valence-electron chi connectivity index (χ0n) is 10.0. The van der Waals surface area contributed by atoms with Crippen molar-refractivity contribution in [3.8, 4) is 0 Å². The molecular formula is C11H10F5NO2. The second-order valence-corrected chi connectivity index (χ2v) is 3.71. The van der Waals surface area contributed by atoms with Gasteiger partial charge in [-0.15, -0.1) is 0 Å². The molecule has 106 valence electrons. The van der Waals surface area contributed by atoms with E-state index in [9.17, 15) is 26.7 Å². The first-order valence-corrected chi connectivity index (χ1v) is 5.09. The van der Waals surface area contributed by atoms with Crippen molar-refractivity contribution in [3.63, 3.8) is 0 Å². The number of hydrogen-bond donors (Lipinski definition) is 0. The predicted molar refractivity (Wildman–Crippen MR) is 54.7 cm³/mol. The van der Waals surface area contributed by atoms with Crippen LogP contribution in [0.15, 0.2) is 6.07 Å². The van der Waals surface area contributed by atoms with Gasteiger partial charge in [0.1, 0.15) is 0 Å². The molecule has 0 atom stereocenters. The number of carbonyl (C=O) groups excluding carboxylic acids is 1. The van der Waals surface area contributed by atoms with Crippen LogP contribution in [0.5, 0.6) is 0 Å². The molecule has 0 fully saturated rings. The highest BCUT2D eigenvalue weighted by molar-refractivity contribution is 5.71. The Balaban J connectivity index is 3.34. The molecular weight excluding hydrogens is 273 g/mol. The molecule has 0 aliphatic heterocycles. The van der Waals surface area contributed by atoms with Gasteiger partial charge in [-0.2, -0.15) is 13.2 Å². The summed E-state index contributed by atoms with van der Waals surface area (Å²) >= 11 is 0. The average Bonchev–Trinajstić information content (AvgIpc) is 2.25. The number of ether oxygens (including phenoxy) is 1. The van der Waals surface area contributed by atoms with Gasteiger partial charge in [0.15, 0.2) is 0 Å². The van der Waals surface area contributed by atoms with Gasteiger partial charge in [-0.25, -0.2) is 8.78 Å². The fraction of sp³-hybridized carbons (Fsp3) is 0.455. The molecule has 0 spiro atoms. The summed E-state index contributed by atoms with van der Waals surface area (Å²) in [5.74, 6) is -0.771. The Morgan fingerprint density at radius 2 is 2.00 bits per heavy atom. The van der Waals surface area contributed by atoms with Gasteiger partial charge in [0, 0.05) is 5.56 Å². The number of methoxy groups -OCH3 is 1. The van der Waals surface area contributed by atoms with Crippen LogP contribution < -0.4 is 0 Å². The van der Waals surface area contributed by atoms with Gasteiger partial charge >= 0.3 is 12.1 Å². The molecule has 0 aromatic carbocycles. The van der Waals surface area contributed by atoms with E-state index in [1.807, 2.05) is 0 Å². The maximum atomic E-state index is 12.7. The minimum atomic E-state index is -4.92. The topological polar surface area (TPSA) is 39.2 Å². The van der Waals surface area contributed by atoms with Gasteiger partial charge in [-0.05, 0) is 13.0 Å². The molecule has 3 nitrogen and oxygen atoms in total. The van der Waals surface area contributed by atoms with Crippen LogP contribution in [0.3, 0.4) is 0 Å². The maximum Gasteiger partial charge on any atom is 0.418 e. The van der Waals surface area contributed by atoms with E-state index in [0.717, 1.165) is 14.0 Å². The largest absolute Gasteiger partial charge is 0.469 e. The molecule has 0 radical (unpaired) electrons. The smallest absolute Gasteiger partial charge is 0.418 e.